The van der Waals surface area contributed by atoms with Crippen molar-refractivity contribution in [1.82, 2.24) is 0 Å². The van der Waals surface area contributed by atoms with Crippen LogP contribution in [-0.2, 0) is 0 Å². The molecule has 0 aliphatic heterocycles. The summed E-state index contributed by atoms with van der Waals surface area (Å²) in [4.78, 5) is 0. The third kappa shape index (κ3) is 5.01. The van der Waals surface area contributed by atoms with Gasteiger partial charge in [-0.2, -0.15) is 0 Å². The van der Waals surface area contributed by atoms with Crippen molar-refractivity contribution < 1.29 is 0 Å². The molecule has 192 valence electrons. The molecular formula is C31H60Si2. The lowest BCUT2D eigenvalue weighted by Crippen LogP contribution is -2.62. The van der Waals surface area contributed by atoms with E-state index in [1.807, 2.05) is 0 Å². The van der Waals surface area contributed by atoms with E-state index in [0.717, 1.165) is 58.4 Å². The van der Waals surface area contributed by atoms with Gasteiger partial charge in [-0.3, -0.25) is 0 Å². The van der Waals surface area contributed by atoms with Crippen LogP contribution in [0.5, 0.6) is 0 Å². The topological polar surface area (TPSA) is 0 Å². The molecule has 0 heterocycles. The molecule has 4 rings (SSSR count). The summed E-state index contributed by atoms with van der Waals surface area (Å²) in [5, 5.41) is 0. The standard InChI is InChI=1S/C31H60Si2/c1-22(2)14-13-15-24-20-30(27-18-11-9-16-25(24)27)32(5,6)33(7,8)31-21-29(23(3)4)26-17-10-12-19-28(26)31/h22-31H,9-21H2,1-8H3. The Morgan fingerprint density at radius 2 is 1.12 bits per heavy atom. The van der Waals surface area contributed by atoms with Crippen molar-refractivity contribution in [3.8, 4) is 0 Å². The fourth-order valence-electron chi connectivity index (χ4n) is 10.3. The Morgan fingerprint density at radius 3 is 1.67 bits per heavy atom. The molecule has 0 aromatic carbocycles. The minimum atomic E-state index is -1.28. The van der Waals surface area contributed by atoms with E-state index in [9.17, 15) is 0 Å². The van der Waals surface area contributed by atoms with Gasteiger partial charge in [0.05, 0.1) is 0 Å². The van der Waals surface area contributed by atoms with Crippen molar-refractivity contribution in [2.45, 2.75) is 148 Å². The zero-order valence-electron chi connectivity index (χ0n) is 24.0. The lowest BCUT2D eigenvalue weighted by Gasteiger charge is -2.51. The summed E-state index contributed by atoms with van der Waals surface area (Å²) < 4.78 is 0. The number of rotatable bonds is 8. The predicted octanol–water partition coefficient (Wildman–Crippen LogP) is 10.4. The van der Waals surface area contributed by atoms with E-state index in [1.54, 1.807) is 64.2 Å². The van der Waals surface area contributed by atoms with Crippen molar-refractivity contribution >= 4 is 15.2 Å². The summed E-state index contributed by atoms with van der Waals surface area (Å²) in [6.07, 6.45) is 20.3. The molecule has 0 saturated heterocycles. The second-order valence-corrected chi connectivity index (χ2v) is 31.4. The Morgan fingerprint density at radius 1 is 0.636 bits per heavy atom. The maximum atomic E-state index is 2.95. The maximum Gasteiger partial charge on any atom is 0.0449 e. The average molecular weight is 489 g/mol. The van der Waals surface area contributed by atoms with Gasteiger partial charge < -0.3 is 0 Å². The normalized spacial score (nSPS) is 39.8. The molecule has 0 N–H and O–H groups in total. The van der Waals surface area contributed by atoms with Crippen molar-refractivity contribution in [2.24, 2.45) is 47.3 Å². The van der Waals surface area contributed by atoms with Crippen LogP contribution in [0.4, 0.5) is 0 Å². The van der Waals surface area contributed by atoms with Crippen molar-refractivity contribution in [3.63, 3.8) is 0 Å². The van der Waals surface area contributed by atoms with Gasteiger partial charge in [-0.15, -0.1) is 0 Å². The van der Waals surface area contributed by atoms with Crippen LogP contribution in [0.3, 0.4) is 0 Å². The fourth-order valence-corrected chi connectivity index (χ4v) is 24.7. The molecular weight excluding hydrogens is 429 g/mol. The van der Waals surface area contributed by atoms with Crippen LogP contribution >= 0.6 is 0 Å². The van der Waals surface area contributed by atoms with Crippen LogP contribution in [-0.4, -0.2) is 15.2 Å². The highest BCUT2D eigenvalue weighted by molar-refractivity contribution is 7.41. The molecule has 0 aromatic rings. The second kappa shape index (κ2) is 10.4. The number of hydrogen-bond acceptors (Lipinski definition) is 0. The molecule has 0 aromatic heterocycles. The summed E-state index contributed by atoms with van der Waals surface area (Å²) in [6, 6.07) is 0. The predicted molar refractivity (Wildman–Crippen MR) is 153 cm³/mol. The smallest absolute Gasteiger partial charge is 0.0449 e. The van der Waals surface area contributed by atoms with Crippen LogP contribution in [0.2, 0.25) is 37.3 Å². The SMILES string of the molecule is CC(C)CCCC1CC([Si](C)(C)[Si](C)(C)C2CC(C(C)C)C3CCCCC32)C2CCCCC12. The van der Waals surface area contributed by atoms with E-state index >= 15 is 0 Å². The minimum absolute atomic E-state index is 0.890. The van der Waals surface area contributed by atoms with Crippen molar-refractivity contribution in [1.29, 1.82) is 0 Å². The van der Waals surface area contributed by atoms with Gasteiger partial charge in [-0.1, -0.05) is 112 Å². The lowest BCUT2D eigenvalue weighted by atomic mass is 9.75. The van der Waals surface area contributed by atoms with E-state index in [2.05, 4.69) is 53.9 Å². The summed E-state index contributed by atoms with van der Waals surface area (Å²) in [5.74, 6) is 8.38. The van der Waals surface area contributed by atoms with Gasteiger partial charge in [0.1, 0.15) is 0 Å². The Kier molecular flexibility index (Phi) is 8.37. The largest absolute Gasteiger partial charge is 0.0711 e. The van der Waals surface area contributed by atoms with Crippen LogP contribution in [0.15, 0.2) is 0 Å². The van der Waals surface area contributed by atoms with Gasteiger partial charge in [0.2, 0.25) is 0 Å². The summed E-state index contributed by atoms with van der Waals surface area (Å²) in [7, 11) is -2.55. The highest BCUT2D eigenvalue weighted by Gasteiger charge is 2.60. The monoisotopic (exact) mass is 488 g/mol. The first-order chi connectivity index (χ1) is 15.6. The van der Waals surface area contributed by atoms with E-state index < -0.39 is 15.2 Å². The highest BCUT2D eigenvalue weighted by Crippen LogP contribution is 2.63. The highest BCUT2D eigenvalue weighted by atomic mass is 29.3. The molecule has 0 radical (unpaired) electrons. The first-order valence-electron chi connectivity index (χ1n) is 15.6. The molecule has 0 amide bonds. The molecule has 0 bridgehead atoms. The maximum absolute atomic E-state index is 2.95. The lowest BCUT2D eigenvalue weighted by molar-refractivity contribution is 0.193. The molecule has 4 aliphatic carbocycles. The zero-order valence-corrected chi connectivity index (χ0v) is 26.0. The first-order valence-corrected chi connectivity index (χ1v) is 22.7. The Bertz CT molecular complexity index is 635. The Hall–Kier alpha value is 0.434. The molecule has 0 spiro atoms. The van der Waals surface area contributed by atoms with E-state index in [1.165, 1.54) is 19.3 Å². The molecule has 4 fully saturated rings. The molecule has 2 heteroatoms. The first kappa shape index (κ1) is 26.5. The molecule has 4 aliphatic rings. The summed E-state index contributed by atoms with van der Waals surface area (Å²) in [5.41, 5.74) is 2.31. The van der Waals surface area contributed by atoms with Crippen LogP contribution in [0.1, 0.15) is 111 Å². The van der Waals surface area contributed by atoms with Gasteiger partial charge in [-0.05, 0) is 84.1 Å². The van der Waals surface area contributed by atoms with E-state index in [-0.39, 0.29) is 0 Å². The molecule has 8 unspecified atom stereocenters. The number of hydrogen-bond donors (Lipinski definition) is 0. The summed E-state index contributed by atoms with van der Waals surface area (Å²) in [6.45, 7) is 21.8. The molecule has 0 nitrogen and oxygen atoms in total. The van der Waals surface area contributed by atoms with Crippen LogP contribution in [0.25, 0.3) is 0 Å². The molecule has 4 saturated carbocycles. The van der Waals surface area contributed by atoms with E-state index in [4.69, 9.17) is 0 Å². The van der Waals surface area contributed by atoms with Gasteiger partial charge in [-0.25, -0.2) is 0 Å². The van der Waals surface area contributed by atoms with Crippen LogP contribution in [0, 0.1) is 47.3 Å². The summed E-state index contributed by atoms with van der Waals surface area (Å²) >= 11 is 0. The van der Waals surface area contributed by atoms with Gasteiger partial charge in [0, 0.05) is 15.2 Å². The third-order valence-electron chi connectivity index (χ3n) is 12.7. The quantitative estimate of drug-likeness (QED) is 0.298. The Balaban J connectivity index is 1.55. The minimum Gasteiger partial charge on any atom is -0.0711 e. The molecule has 33 heavy (non-hydrogen) atoms. The van der Waals surface area contributed by atoms with Gasteiger partial charge in [0.15, 0.2) is 0 Å². The van der Waals surface area contributed by atoms with Crippen molar-refractivity contribution in [3.05, 3.63) is 0 Å². The van der Waals surface area contributed by atoms with Crippen LogP contribution < -0.4 is 0 Å². The van der Waals surface area contributed by atoms with Gasteiger partial charge in [0.25, 0.3) is 0 Å². The zero-order chi connectivity index (χ0) is 24.0. The van der Waals surface area contributed by atoms with Crippen molar-refractivity contribution in [2.75, 3.05) is 0 Å². The Labute approximate surface area is 210 Å². The fraction of sp³-hybridized carbons (Fsp3) is 1.00. The average Bonchev–Trinajstić information content (AvgIpc) is 3.33. The third-order valence-corrected chi connectivity index (χ3v) is 33.3. The second-order valence-electron chi connectivity index (χ2n) is 15.3. The van der Waals surface area contributed by atoms with Gasteiger partial charge >= 0.3 is 0 Å². The molecule has 8 atom stereocenters. The van der Waals surface area contributed by atoms with E-state index in [0.29, 0.717) is 0 Å². The number of fused-ring (bicyclic) bond motifs is 2.